The minimum absolute atomic E-state index is 0.225. The first-order chi connectivity index (χ1) is 10.9. The molecule has 5 nitrogen and oxygen atoms in total. The molecule has 0 radical (unpaired) electrons. The fourth-order valence-electron chi connectivity index (χ4n) is 1.86. The van der Waals surface area contributed by atoms with E-state index in [1.165, 1.54) is 12.1 Å². The molecule has 0 aliphatic rings. The number of carbonyl (C=O) groups is 1. The molecule has 7 heteroatoms. The average molecular weight is 337 g/mol. The lowest BCUT2D eigenvalue weighted by Crippen LogP contribution is -2.12. The van der Waals surface area contributed by atoms with E-state index < -0.39 is 15.1 Å². The van der Waals surface area contributed by atoms with Gasteiger partial charge < -0.3 is 10.1 Å². The first-order valence-corrected chi connectivity index (χ1v) is 8.36. The summed E-state index contributed by atoms with van der Waals surface area (Å²) in [6.45, 7) is 0.413. The molecular weight excluding hydrogens is 321 g/mol. The third-order valence-electron chi connectivity index (χ3n) is 2.98. The monoisotopic (exact) mass is 337 g/mol. The van der Waals surface area contributed by atoms with E-state index in [0.717, 1.165) is 17.9 Å². The summed E-state index contributed by atoms with van der Waals surface area (Å²) in [6, 6.07) is 14.2. The fraction of sp³-hybridized carbons (Fsp3) is 0.188. The number of nitrogens with one attached hydrogen (secondary N) is 1. The molecule has 23 heavy (non-hydrogen) atoms. The Hall–Kier alpha value is -2.41. The minimum atomic E-state index is -4.72. The highest BCUT2D eigenvalue weighted by atomic mass is 32.3. The fourth-order valence-corrected chi connectivity index (χ4v) is 2.32. The van der Waals surface area contributed by atoms with Gasteiger partial charge in [0, 0.05) is 12.1 Å². The number of rotatable bonds is 7. The van der Waals surface area contributed by atoms with E-state index in [0.29, 0.717) is 18.7 Å². The predicted molar refractivity (Wildman–Crippen MR) is 84.5 cm³/mol. The van der Waals surface area contributed by atoms with Crippen LogP contribution in [0.25, 0.3) is 0 Å². The van der Waals surface area contributed by atoms with Crippen LogP contribution in [0, 0.1) is 0 Å². The van der Waals surface area contributed by atoms with Crippen LogP contribution in [0.3, 0.4) is 0 Å². The summed E-state index contributed by atoms with van der Waals surface area (Å²) in [6.07, 6.45) is 0.799. The average Bonchev–Trinajstić information content (AvgIpc) is 2.52. The van der Waals surface area contributed by atoms with Crippen molar-refractivity contribution in [3.05, 3.63) is 54.6 Å². The lowest BCUT2D eigenvalue weighted by atomic mass is 10.2. The number of anilines is 1. The highest BCUT2D eigenvalue weighted by molar-refractivity contribution is 7.86. The third-order valence-corrected chi connectivity index (χ3v) is 3.81. The van der Waals surface area contributed by atoms with Crippen molar-refractivity contribution in [3.8, 4) is 5.75 Å². The predicted octanol–water partition coefficient (Wildman–Crippen LogP) is 3.14. The number of ether oxygens (including phenoxy) is 1. The zero-order valence-electron chi connectivity index (χ0n) is 12.2. The summed E-state index contributed by atoms with van der Waals surface area (Å²) in [4.78, 5) is 11.3. The topological polar surface area (TPSA) is 72.5 Å². The maximum Gasteiger partial charge on any atom is 0.332 e. The van der Waals surface area contributed by atoms with Crippen molar-refractivity contribution in [2.45, 2.75) is 17.7 Å². The van der Waals surface area contributed by atoms with Crippen molar-refractivity contribution < 1.29 is 21.8 Å². The van der Waals surface area contributed by atoms with Gasteiger partial charge in [-0.05, 0) is 42.8 Å². The van der Waals surface area contributed by atoms with Crippen LogP contribution in [0.1, 0.15) is 12.8 Å². The molecule has 1 N–H and O–H groups in total. The van der Waals surface area contributed by atoms with Crippen LogP contribution in [0.5, 0.6) is 5.75 Å². The van der Waals surface area contributed by atoms with Crippen molar-refractivity contribution >= 4 is 21.8 Å². The van der Waals surface area contributed by atoms with Gasteiger partial charge in [-0.2, -0.15) is 8.42 Å². The quantitative estimate of drug-likeness (QED) is 0.622. The number of benzene rings is 2. The summed E-state index contributed by atoms with van der Waals surface area (Å²) in [5.41, 5.74) is 0.409. The van der Waals surface area contributed by atoms with Crippen LogP contribution in [0.2, 0.25) is 0 Å². The highest BCUT2D eigenvalue weighted by Gasteiger charge is 2.11. The maximum atomic E-state index is 12.7. The Morgan fingerprint density at radius 3 is 2.30 bits per heavy atom. The van der Waals surface area contributed by atoms with Gasteiger partial charge in [-0.3, -0.25) is 4.79 Å². The Morgan fingerprint density at radius 1 is 1.04 bits per heavy atom. The van der Waals surface area contributed by atoms with E-state index in [1.54, 1.807) is 0 Å². The Bertz CT molecular complexity index is 745. The summed E-state index contributed by atoms with van der Waals surface area (Å²) >= 11 is 0. The summed E-state index contributed by atoms with van der Waals surface area (Å²) in [5.74, 6) is 0.522. The van der Waals surface area contributed by atoms with E-state index in [2.05, 4.69) is 5.32 Å². The maximum absolute atomic E-state index is 12.7. The van der Waals surface area contributed by atoms with Crippen LogP contribution in [-0.2, 0) is 15.0 Å². The van der Waals surface area contributed by atoms with Crippen LogP contribution in [0.15, 0.2) is 59.5 Å². The number of carbonyl (C=O) groups excluding carboxylic acids is 1. The Kier molecular flexibility index (Phi) is 5.70. The van der Waals surface area contributed by atoms with Gasteiger partial charge >= 0.3 is 10.2 Å². The second-order valence-electron chi connectivity index (χ2n) is 4.78. The molecule has 2 aromatic rings. The summed E-state index contributed by atoms with van der Waals surface area (Å²) in [7, 11) is -4.72. The number of amides is 1. The normalized spacial score (nSPS) is 11.0. The second-order valence-corrected chi connectivity index (χ2v) is 6.12. The van der Waals surface area contributed by atoms with Crippen molar-refractivity contribution in [1.82, 2.24) is 0 Å². The molecule has 0 aliphatic heterocycles. The number of hydrogen-bond donors (Lipinski definition) is 1. The summed E-state index contributed by atoms with van der Waals surface area (Å²) in [5, 5.41) is 2.61. The molecule has 0 spiro atoms. The Balaban J connectivity index is 1.74. The summed E-state index contributed by atoms with van der Waals surface area (Å²) < 4.78 is 39.6. The standard InChI is InChI=1S/C16H16FNO4S/c17-23(20,21)15-10-8-13(9-11-15)18-16(19)7-4-12-22-14-5-2-1-3-6-14/h1-3,5-6,8-11H,4,7,12H2,(H,18,19). The Morgan fingerprint density at radius 2 is 1.70 bits per heavy atom. The number of para-hydroxylation sites is 1. The van der Waals surface area contributed by atoms with Gasteiger partial charge in [-0.1, -0.05) is 18.2 Å². The Labute approximate surface area is 134 Å². The highest BCUT2D eigenvalue weighted by Crippen LogP contribution is 2.16. The molecule has 2 rings (SSSR count). The van der Waals surface area contributed by atoms with Gasteiger partial charge in [0.2, 0.25) is 5.91 Å². The molecule has 1 amide bonds. The van der Waals surface area contributed by atoms with Gasteiger partial charge in [0.15, 0.2) is 0 Å². The molecule has 0 aromatic heterocycles. The number of halogens is 1. The van der Waals surface area contributed by atoms with Gasteiger partial charge in [0.05, 0.1) is 11.5 Å². The van der Waals surface area contributed by atoms with Crippen molar-refractivity contribution in [2.24, 2.45) is 0 Å². The molecule has 0 atom stereocenters. The van der Waals surface area contributed by atoms with E-state index in [4.69, 9.17) is 4.74 Å². The zero-order valence-corrected chi connectivity index (χ0v) is 13.1. The smallest absolute Gasteiger partial charge is 0.332 e. The van der Waals surface area contributed by atoms with Gasteiger partial charge in [0.1, 0.15) is 5.75 Å². The minimum Gasteiger partial charge on any atom is -0.494 e. The van der Waals surface area contributed by atoms with Crippen LogP contribution >= 0.6 is 0 Å². The molecule has 0 unspecified atom stereocenters. The van der Waals surface area contributed by atoms with Crippen LogP contribution < -0.4 is 10.1 Å². The molecule has 0 saturated carbocycles. The van der Waals surface area contributed by atoms with Crippen molar-refractivity contribution in [2.75, 3.05) is 11.9 Å². The van der Waals surface area contributed by atoms with E-state index in [1.807, 2.05) is 30.3 Å². The first-order valence-electron chi connectivity index (χ1n) is 6.97. The lowest BCUT2D eigenvalue weighted by Gasteiger charge is -2.07. The molecular formula is C16H16FNO4S. The molecule has 0 saturated heterocycles. The molecule has 0 heterocycles. The van der Waals surface area contributed by atoms with E-state index >= 15 is 0 Å². The van der Waals surface area contributed by atoms with Gasteiger partial charge in [0.25, 0.3) is 0 Å². The molecule has 0 bridgehead atoms. The zero-order chi connectivity index (χ0) is 16.7. The second kappa shape index (κ2) is 7.73. The van der Waals surface area contributed by atoms with Crippen molar-refractivity contribution in [3.63, 3.8) is 0 Å². The third kappa shape index (κ3) is 5.71. The lowest BCUT2D eigenvalue weighted by molar-refractivity contribution is -0.116. The van der Waals surface area contributed by atoms with Gasteiger partial charge in [-0.25, -0.2) is 0 Å². The van der Waals surface area contributed by atoms with Crippen molar-refractivity contribution in [1.29, 1.82) is 0 Å². The van der Waals surface area contributed by atoms with Crippen LogP contribution in [0.4, 0.5) is 9.57 Å². The molecule has 122 valence electrons. The van der Waals surface area contributed by atoms with Gasteiger partial charge in [-0.15, -0.1) is 3.89 Å². The van der Waals surface area contributed by atoms with E-state index in [9.17, 15) is 17.1 Å². The largest absolute Gasteiger partial charge is 0.494 e. The molecule has 0 aliphatic carbocycles. The molecule has 0 fully saturated rings. The van der Waals surface area contributed by atoms with E-state index in [-0.39, 0.29) is 12.3 Å². The number of hydrogen-bond acceptors (Lipinski definition) is 4. The molecule has 2 aromatic carbocycles. The van der Waals surface area contributed by atoms with Crippen LogP contribution in [-0.4, -0.2) is 20.9 Å². The first kappa shape index (κ1) is 17.0. The SMILES string of the molecule is O=C(CCCOc1ccccc1)Nc1ccc(S(=O)(=O)F)cc1.